The van der Waals surface area contributed by atoms with Gasteiger partial charge in [-0.05, 0) is 49.2 Å². The van der Waals surface area contributed by atoms with Crippen molar-refractivity contribution >= 4 is 24.3 Å². The molecule has 6 nitrogen and oxygen atoms in total. The van der Waals surface area contributed by atoms with E-state index >= 15 is 0 Å². The Kier molecular flexibility index (Phi) is 13.3. The number of rotatable bonds is 7. The summed E-state index contributed by atoms with van der Waals surface area (Å²) in [4.78, 5) is 30.4. The molecule has 0 aliphatic heterocycles. The summed E-state index contributed by atoms with van der Waals surface area (Å²) in [6.07, 6.45) is 0.737. The van der Waals surface area contributed by atoms with Gasteiger partial charge in [0.1, 0.15) is 0 Å². The minimum atomic E-state index is -3.15. The summed E-state index contributed by atoms with van der Waals surface area (Å²) in [5, 5.41) is 28.1. The number of aliphatic hydroxyl groups is 2. The molecule has 3 rings (SSSR count). The second-order valence-electron chi connectivity index (χ2n) is 7.75. The lowest BCUT2D eigenvalue weighted by Crippen LogP contribution is -2.28. The van der Waals surface area contributed by atoms with Crippen LogP contribution in [0.25, 0.3) is 0 Å². The van der Waals surface area contributed by atoms with Crippen LogP contribution >= 0.6 is 7.72 Å². The smallest absolute Gasteiger partial charge is 0.335 e. The van der Waals surface area contributed by atoms with E-state index in [9.17, 15) is 24.8 Å². The maximum Gasteiger partial charge on any atom is 0.335 e. The molecule has 0 fully saturated rings. The highest BCUT2D eigenvalue weighted by Crippen LogP contribution is 2.46. The zero-order valence-electron chi connectivity index (χ0n) is 19.9. The zero-order valence-corrected chi connectivity index (χ0v) is 20.8. The monoisotopic (exact) mass is 487 g/mol. The predicted octanol–water partition coefficient (Wildman–Crippen LogP) is 4.02. The van der Waals surface area contributed by atoms with Gasteiger partial charge in [-0.25, -0.2) is 14.6 Å². The summed E-state index contributed by atoms with van der Waals surface area (Å²) < 4.78 is 0. The Morgan fingerprint density at radius 3 is 1.29 bits per heavy atom. The van der Waals surface area contributed by atoms with Crippen LogP contribution in [0.3, 0.4) is 0 Å². The Balaban J connectivity index is 0.000000268. The van der Waals surface area contributed by atoms with Crippen LogP contribution in [0.2, 0.25) is 0 Å². The van der Waals surface area contributed by atoms with Crippen LogP contribution < -0.4 is 10.6 Å². The average Bonchev–Trinajstić information content (AvgIpc) is 2.89. The number of hydrogen-bond acceptors (Lipinski definition) is 5. The van der Waals surface area contributed by atoms with Crippen molar-refractivity contribution in [2.45, 2.75) is 45.8 Å². The number of hydrogen-bond donors (Lipinski definition) is 5. The number of carbonyl (C=O) groups is 1. The highest BCUT2D eigenvalue weighted by molar-refractivity contribution is 7.79. The van der Waals surface area contributed by atoms with Crippen LogP contribution in [0.5, 0.6) is 0 Å². The topological polar surface area (TPSA) is 118 Å². The van der Waals surface area contributed by atoms with Gasteiger partial charge in [-0.2, -0.15) is 0 Å². The van der Waals surface area contributed by atoms with Crippen molar-refractivity contribution in [3.8, 4) is 0 Å². The molecule has 0 heterocycles. The first-order valence-electron chi connectivity index (χ1n) is 11.2. The molecule has 2 atom stereocenters. The average molecular weight is 488 g/mol. The number of carboxylic acids is 1. The number of aliphatic hydroxyl groups excluding tert-OH is 2. The van der Waals surface area contributed by atoms with E-state index in [-0.39, 0.29) is 18.1 Å². The van der Waals surface area contributed by atoms with E-state index in [2.05, 4.69) is 0 Å². The summed E-state index contributed by atoms with van der Waals surface area (Å²) in [5.41, 5.74) is 0.331. The van der Waals surface area contributed by atoms with Gasteiger partial charge < -0.3 is 15.3 Å². The molecule has 7 heteroatoms. The van der Waals surface area contributed by atoms with E-state index < -0.39 is 13.7 Å². The van der Waals surface area contributed by atoms with E-state index in [4.69, 9.17) is 5.11 Å². The van der Waals surface area contributed by atoms with Crippen molar-refractivity contribution in [2.75, 3.05) is 0 Å². The zero-order chi connectivity index (χ0) is 25.6. The summed E-state index contributed by atoms with van der Waals surface area (Å²) in [7, 11) is -3.15. The summed E-state index contributed by atoms with van der Waals surface area (Å²) >= 11 is 0. The van der Waals surface area contributed by atoms with E-state index in [0.29, 0.717) is 16.2 Å². The molecule has 3 aromatic carbocycles. The summed E-state index contributed by atoms with van der Waals surface area (Å²) in [6, 6.07) is 26.2. The van der Waals surface area contributed by atoms with Crippen LogP contribution in [-0.2, 0) is 0 Å². The van der Waals surface area contributed by atoms with Crippen molar-refractivity contribution in [3.05, 3.63) is 96.6 Å². The summed E-state index contributed by atoms with van der Waals surface area (Å²) in [6.45, 7) is 5.72. The summed E-state index contributed by atoms with van der Waals surface area (Å²) in [5.74, 6) is -0.870. The highest BCUT2D eigenvalue weighted by Gasteiger charge is 2.39. The van der Waals surface area contributed by atoms with Crippen LogP contribution in [0.4, 0.5) is 0 Å². The predicted molar refractivity (Wildman–Crippen MR) is 139 cm³/mol. The van der Waals surface area contributed by atoms with Gasteiger partial charge in [0.05, 0.1) is 17.8 Å². The molecule has 2 unspecified atom stereocenters. The van der Waals surface area contributed by atoms with Crippen LogP contribution in [0, 0.1) is 5.92 Å². The fraction of sp³-hybridized carbons (Fsp3) is 0.296. The first-order chi connectivity index (χ1) is 16.1. The first-order valence-corrected chi connectivity index (χ1v) is 12.9. The lowest BCUT2D eigenvalue weighted by molar-refractivity contribution is 0.0186. The molecule has 0 amide bonds. The Bertz CT molecular complexity index is 884. The first kappa shape index (κ1) is 29.4. The molecule has 0 spiro atoms. The van der Waals surface area contributed by atoms with E-state index in [1.54, 1.807) is 78.9 Å². The standard InChI is InChI=1S/C12H12O2P.C8H18O2.C7H6O2/c13-15(14,11-7-3-1-4-8-11)12-9-5-2-6-10-12;1-4-7(9)6(3)8(10)5-2;8-7(9)6-4-2-1-3-5-6/h1-10,13-14H;6-10H,4-5H2,1-3H3;1-5H,(H,8,9)/q+1;;. The van der Waals surface area contributed by atoms with Crippen molar-refractivity contribution in [3.63, 3.8) is 0 Å². The maximum atomic E-state index is 10.2. The molecular formula is C27H36O6P+. The Morgan fingerprint density at radius 1 is 0.706 bits per heavy atom. The van der Waals surface area contributed by atoms with Gasteiger partial charge in [0.15, 0.2) is 10.6 Å². The third-order valence-electron chi connectivity index (χ3n) is 5.30. The van der Waals surface area contributed by atoms with Crippen molar-refractivity contribution in [1.82, 2.24) is 0 Å². The molecule has 0 aliphatic rings. The minimum Gasteiger partial charge on any atom is -0.478 e. The molecule has 34 heavy (non-hydrogen) atoms. The third kappa shape index (κ3) is 9.72. The second-order valence-corrected chi connectivity index (χ2v) is 9.99. The molecule has 0 bridgehead atoms. The van der Waals surface area contributed by atoms with Crippen LogP contribution in [0.15, 0.2) is 91.0 Å². The fourth-order valence-corrected chi connectivity index (χ4v) is 4.48. The fourth-order valence-electron chi connectivity index (χ4n) is 3.00. The van der Waals surface area contributed by atoms with Gasteiger partial charge in [-0.15, -0.1) is 0 Å². The Hall–Kier alpha value is -2.60. The SMILES string of the molecule is CCC(O)C(C)C(O)CC.O=C(O)c1ccccc1.O[P+](O)(c1ccccc1)c1ccccc1. The van der Waals surface area contributed by atoms with Gasteiger partial charge in [0, 0.05) is 5.92 Å². The van der Waals surface area contributed by atoms with Gasteiger partial charge in [-0.1, -0.05) is 75.4 Å². The van der Waals surface area contributed by atoms with Gasteiger partial charge in [0.25, 0.3) is 0 Å². The van der Waals surface area contributed by atoms with Crippen molar-refractivity contribution in [2.24, 2.45) is 5.92 Å². The lowest BCUT2D eigenvalue weighted by Gasteiger charge is -2.21. The highest BCUT2D eigenvalue weighted by atomic mass is 31.2. The quantitative estimate of drug-likeness (QED) is 0.321. The maximum absolute atomic E-state index is 10.2. The lowest BCUT2D eigenvalue weighted by atomic mass is 9.95. The molecule has 5 N–H and O–H groups in total. The van der Waals surface area contributed by atoms with Gasteiger partial charge in [-0.3, -0.25) is 0 Å². The Morgan fingerprint density at radius 2 is 1.03 bits per heavy atom. The Labute approximate surface area is 202 Å². The minimum absolute atomic E-state index is 0.00926. The van der Waals surface area contributed by atoms with E-state index in [1.165, 1.54) is 0 Å². The third-order valence-corrected chi connectivity index (χ3v) is 7.34. The molecule has 0 saturated carbocycles. The molecule has 0 radical (unpaired) electrons. The molecule has 3 aromatic rings. The molecule has 184 valence electrons. The van der Waals surface area contributed by atoms with Crippen LogP contribution in [0.1, 0.15) is 44.0 Å². The molecule has 0 aromatic heterocycles. The molecule has 0 aliphatic carbocycles. The number of aromatic carboxylic acids is 1. The van der Waals surface area contributed by atoms with Crippen molar-refractivity contribution < 1.29 is 29.9 Å². The van der Waals surface area contributed by atoms with Crippen LogP contribution in [-0.4, -0.2) is 43.3 Å². The molecule has 0 saturated heterocycles. The largest absolute Gasteiger partial charge is 0.478 e. The second kappa shape index (κ2) is 15.3. The normalized spacial score (nSPS) is 13.3. The van der Waals surface area contributed by atoms with E-state index in [0.717, 1.165) is 12.8 Å². The van der Waals surface area contributed by atoms with Gasteiger partial charge >= 0.3 is 13.7 Å². The molecular weight excluding hydrogens is 451 g/mol. The number of carboxylic acid groups (broad SMARTS) is 1. The van der Waals surface area contributed by atoms with Gasteiger partial charge in [0.2, 0.25) is 0 Å². The van der Waals surface area contributed by atoms with E-state index in [1.807, 2.05) is 32.9 Å². The number of benzene rings is 3. The van der Waals surface area contributed by atoms with Crippen molar-refractivity contribution in [1.29, 1.82) is 0 Å².